The van der Waals surface area contributed by atoms with E-state index < -0.39 is 29.2 Å². The number of barbiturate groups is 1. The molecule has 1 aliphatic rings. The number of rotatable bonds is 3. The van der Waals surface area contributed by atoms with Crippen molar-refractivity contribution in [1.82, 2.24) is 10.2 Å². The van der Waals surface area contributed by atoms with Gasteiger partial charge in [0, 0.05) is 0 Å². The molecule has 0 aromatic heterocycles. The minimum atomic E-state index is -1.66. The van der Waals surface area contributed by atoms with Gasteiger partial charge < -0.3 is 0 Å². The number of nitrogens with one attached hydrogen (secondary N) is 1. The Kier molecular flexibility index (Phi) is 4.61. The fraction of sp³-hybridized carbons (Fsp3) is 0.158. The van der Waals surface area contributed by atoms with E-state index in [0.29, 0.717) is 10.5 Å². The summed E-state index contributed by atoms with van der Waals surface area (Å²) in [6.45, 7) is 1.65. The first kappa shape index (κ1) is 17.8. The predicted molar refractivity (Wildman–Crippen MR) is 94.6 cm³/mol. The summed E-state index contributed by atoms with van der Waals surface area (Å²) in [5.74, 6) is -2.51. The van der Waals surface area contributed by atoms with E-state index in [1.807, 2.05) is 0 Å². The molecule has 132 valence electrons. The van der Waals surface area contributed by atoms with Gasteiger partial charge in [-0.25, -0.2) is 4.79 Å². The number of imide groups is 4. The first-order valence-corrected chi connectivity index (χ1v) is 8.35. The monoisotopic (exact) mass is 370 g/mol. The second-order valence-electron chi connectivity index (χ2n) is 5.81. The molecule has 1 saturated heterocycles. The molecule has 1 fully saturated rings. The summed E-state index contributed by atoms with van der Waals surface area (Å²) in [7, 11) is 0. The van der Waals surface area contributed by atoms with Crippen LogP contribution in [-0.4, -0.2) is 28.7 Å². The molecule has 0 radical (unpaired) electrons. The Morgan fingerprint density at radius 2 is 1.65 bits per heavy atom. The van der Waals surface area contributed by atoms with Gasteiger partial charge in [-0.1, -0.05) is 61.0 Å². The fourth-order valence-corrected chi connectivity index (χ4v) is 3.29. The quantitative estimate of drug-likeness (QED) is 0.665. The summed E-state index contributed by atoms with van der Waals surface area (Å²) in [6.07, 6.45) is 0.0846. The van der Waals surface area contributed by atoms with Crippen molar-refractivity contribution in [3.8, 4) is 0 Å². The molecule has 2 aromatic carbocycles. The molecule has 1 atom stereocenters. The van der Waals surface area contributed by atoms with Crippen LogP contribution in [0.2, 0.25) is 5.02 Å². The van der Waals surface area contributed by atoms with Crippen LogP contribution in [0.25, 0.3) is 0 Å². The molecular formula is C19H15ClN2O4. The number of carbonyl (C=O) groups excluding carboxylic acids is 4. The highest BCUT2D eigenvalue weighted by Crippen LogP contribution is 2.34. The van der Waals surface area contributed by atoms with Gasteiger partial charge in [-0.3, -0.25) is 19.7 Å². The van der Waals surface area contributed by atoms with Gasteiger partial charge in [-0.05, 0) is 24.1 Å². The number of amides is 5. The molecule has 0 aliphatic carbocycles. The van der Waals surface area contributed by atoms with Gasteiger partial charge >= 0.3 is 6.03 Å². The Balaban J connectivity index is 2.12. The van der Waals surface area contributed by atoms with Gasteiger partial charge in [0.2, 0.25) is 5.91 Å². The minimum Gasteiger partial charge on any atom is -0.276 e. The van der Waals surface area contributed by atoms with Crippen molar-refractivity contribution in [3.63, 3.8) is 0 Å². The lowest BCUT2D eigenvalue weighted by molar-refractivity contribution is -0.143. The molecular weight excluding hydrogens is 356 g/mol. The Morgan fingerprint density at radius 1 is 1.04 bits per heavy atom. The molecule has 2 aromatic rings. The standard InChI is InChI=1S/C19H15ClN2O4/c1-2-19(12-8-4-3-5-9-12)16(24)21-18(26)22(17(19)25)15(23)13-10-6-7-11-14(13)20/h3-11H,2H2,1H3,(H,21,24,26)/t19-/m0/s1. The van der Waals surface area contributed by atoms with Crippen LogP contribution in [0.1, 0.15) is 29.3 Å². The van der Waals surface area contributed by atoms with Crippen molar-refractivity contribution < 1.29 is 19.2 Å². The second kappa shape index (κ2) is 6.72. The summed E-state index contributed by atoms with van der Waals surface area (Å²) in [4.78, 5) is 51.4. The molecule has 0 bridgehead atoms. The average Bonchev–Trinajstić information content (AvgIpc) is 2.63. The van der Waals surface area contributed by atoms with E-state index >= 15 is 0 Å². The third kappa shape index (κ3) is 2.59. The van der Waals surface area contributed by atoms with Crippen molar-refractivity contribution in [3.05, 3.63) is 70.7 Å². The van der Waals surface area contributed by atoms with Crippen LogP contribution in [-0.2, 0) is 15.0 Å². The molecule has 6 nitrogen and oxygen atoms in total. The normalized spacial score (nSPS) is 20.1. The molecule has 7 heteroatoms. The van der Waals surface area contributed by atoms with E-state index in [1.165, 1.54) is 12.1 Å². The highest BCUT2D eigenvalue weighted by Gasteiger charge is 2.55. The molecule has 3 rings (SSSR count). The number of halogens is 1. The van der Waals surface area contributed by atoms with E-state index in [-0.39, 0.29) is 17.0 Å². The number of urea groups is 1. The van der Waals surface area contributed by atoms with Crippen LogP contribution in [0.5, 0.6) is 0 Å². The maximum absolute atomic E-state index is 13.2. The zero-order chi connectivity index (χ0) is 18.9. The third-order valence-electron chi connectivity index (χ3n) is 4.48. The number of carbonyl (C=O) groups is 4. The number of hydrogen-bond acceptors (Lipinski definition) is 4. The van der Waals surface area contributed by atoms with Crippen LogP contribution >= 0.6 is 11.6 Å². The summed E-state index contributed by atoms with van der Waals surface area (Å²) in [5.41, 5.74) is -1.24. The molecule has 1 N–H and O–H groups in total. The smallest absolute Gasteiger partial charge is 0.276 e. The fourth-order valence-electron chi connectivity index (χ4n) is 3.07. The van der Waals surface area contributed by atoms with Crippen molar-refractivity contribution in [2.75, 3.05) is 0 Å². The zero-order valence-corrected chi connectivity index (χ0v) is 14.6. The highest BCUT2D eigenvalue weighted by atomic mass is 35.5. The molecule has 0 unspecified atom stereocenters. The topological polar surface area (TPSA) is 83.6 Å². The van der Waals surface area contributed by atoms with Gasteiger partial charge in [-0.15, -0.1) is 0 Å². The number of benzene rings is 2. The van der Waals surface area contributed by atoms with Crippen LogP contribution in [0.4, 0.5) is 4.79 Å². The van der Waals surface area contributed by atoms with Crippen molar-refractivity contribution in [2.45, 2.75) is 18.8 Å². The van der Waals surface area contributed by atoms with Gasteiger partial charge in [-0.2, -0.15) is 4.90 Å². The molecule has 0 saturated carbocycles. The van der Waals surface area contributed by atoms with Gasteiger partial charge in [0.1, 0.15) is 0 Å². The minimum absolute atomic E-state index is 0.00470. The predicted octanol–water partition coefficient (Wildman–Crippen LogP) is 2.91. The number of hydrogen-bond donors (Lipinski definition) is 1. The Morgan fingerprint density at radius 3 is 2.27 bits per heavy atom. The SMILES string of the molecule is CC[C@]1(c2ccccc2)C(=O)NC(=O)N(C(=O)c2ccccc2Cl)C1=O. The maximum Gasteiger partial charge on any atom is 0.338 e. The first-order valence-electron chi connectivity index (χ1n) is 7.97. The zero-order valence-electron chi connectivity index (χ0n) is 13.9. The summed E-state index contributed by atoms with van der Waals surface area (Å²) < 4.78 is 0. The van der Waals surface area contributed by atoms with Crippen LogP contribution < -0.4 is 5.32 Å². The van der Waals surface area contributed by atoms with Crippen molar-refractivity contribution in [2.24, 2.45) is 0 Å². The van der Waals surface area contributed by atoms with Crippen molar-refractivity contribution >= 4 is 35.4 Å². The van der Waals surface area contributed by atoms with Gasteiger partial charge in [0.25, 0.3) is 11.8 Å². The maximum atomic E-state index is 13.2. The first-order chi connectivity index (χ1) is 12.4. The summed E-state index contributed by atoms with van der Waals surface area (Å²) in [5, 5.41) is 2.24. The molecule has 5 amide bonds. The van der Waals surface area contributed by atoms with Crippen LogP contribution in [0.3, 0.4) is 0 Å². The summed E-state index contributed by atoms with van der Waals surface area (Å²) in [6, 6.07) is 13.4. The lowest BCUT2D eigenvalue weighted by Crippen LogP contribution is -2.67. The summed E-state index contributed by atoms with van der Waals surface area (Å²) >= 11 is 6.03. The average molecular weight is 371 g/mol. The van der Waals surface area contributed by atoms with Gasteiger partial charge in [0.15, 0.2) is 5.41 Å². The van der Waals surface area contributed by atoms with E-state index in [2.05, 4.69) is 5.32 Å². The Bertz CT molecular complexity index is 913. The van der Waals surface area contributed by atoms with Crippen LogP contribution in [0, 0.1) is 0 Å². The highest BCUT2D eigenvalue weighted by molar-refractivity contribution is 6.36. The van der Waals surface area contributed by atoms with E-state index in [1.54, 1.807) is 49.4 Å². The molecule has 26 heavy (non-hydrogen) atoms. The van der Waals surface area contributed by atoms with E-state index in [4.69, 9.17) is 11.6 Å². The Hall–Kier alpha value is -2.99. The van der Waals surface area contributed by atoms with E-state index in [9.17, 15) is 19.2 Å². The lowest BCUT2D eigenvalue weighted by Gasteiger charge is -2.38. The lowest BCUT2D eigenvalue weighted by atomic mass is 9.74. The Labute approximate surface area is 154 Å². The third-order valence-corrected chi connectivity index (χ3v) is 4.81. The largest absolute Gasteiger partial charge is 0.338 e. The van der Waals surface area contributed by atoms with Crippen molar-refractivity contribution in [1.29, 1.82) is 0 Å². The second-order valence-corrected chi connectivity index (χ2v) is 6.22. The molecule has 1 aliphatic heterocycles. The van der Waals surface area contributed by atoms with Gasteiger partial charge in [0.05, 0.1) is 10.6 Å². The molecule has 1 heterocycles. The molecule has 0 spiro atoms. The van der Waals surface area contributed by atoms with E-state index in [0.717, 1.165) is 0 Å². The number of nitrogens with zero attached hydrogens (tertiary/aromatic N) is 1. The van der Waals surface area contributed by atoms with Crippen LogP contribution in [0.15, 0.2) is 54.6 Å².